The highest BCUT2D eigenvalue weighted by atomic mass is 16.1. The first-order chi connectivity index (χ1) is 6.33. The van der Waals surface area contributed by atoms with Gasteiger partial charge in [-0.15, -0.1) is 0 Å². The van der Waals surface area contributed by atoms with Gasteiger partial charge in [0.15, 0.2) is 6.29 Å². The minimum absolute atomic E-state index is 0.595. The second kappa shape index (κ2) is 4.66. The number of carbonyl (C=O) groups excluding carboxylic acids is 1. The lowest BCUT2D eigenvalue weighted by Gasteiger charge is -2.03. The summed E-state index contributed by atoms with van der Waals surface area (Å²) in [5, 5.41) is 5.87. The smallest absolute Gasteiger partial charge is 0.215 e. The minimum atomic E-state index is 0.595. The maximum absolute atomic E-state index is 10.7. The molecule has 0 fully saturated rings. The molecule has 0 unspecified atom stereocenters. The number of hydrogen-bond acceptors (Lipinski definition) is 4. The fourth-order valence-electron chi connectivity index (χ4n) is 1.12. The standard InChI is InChI=1S/C7H13BN4O/c1-9-2-3-12-5-10-7(11-8)6(12)4-13/h4-5,9,11H,2-3,8H2,1H3. The molecule has 0 spiro atoms. The van der Waals surface area contributed by atoms with Crippen molar-refractivity contribution in [1.29, 1.82) is 0 Å². The molecule has 0 saturated heterocycles. The molecule has 1 heterocycles. The van der Waals surface area contributed by atoms with Crippen LogP contribution in [0.3, 0.4) is 0 Å². The molecule has 0 bridgehead atoms. The van der Waals surface area contributed by atoms with Crippen LogP contribution in [0.2, 0.25) is 0 Å². The molecule has 5 nitrogen and oxygen atoms in total. The van der Waals surface area contributed by atoms with Crippen LogP contribution >= 0.6 is 0 Å². The number of aldehydes is 1. The third-order valence-electron chi connectivity index (χ3n) is 1.83. The van der Waals surface area contributed by atoms with Gasteiger partial charge >= 0.3 is 0 Å². The van der Waals surface area contributed by atoms with Crippen molar-refractivity contribution >= 4 is 20.1 Å². The molecule has 0 saturated carbocycles. The Hall–Kier alpha value is -1.30. The minimum Gasteiger partial charge on any atom is -0.418 e. The fraction of sp³-hybridized carbons (Fsp3) is 0.429. The van der Waals surface area contributed by atoms with Gasteiger partial charge in [-0.05, 0) is 7.05 Å². The van der Waals surface area contributed by atoms with Crippen molar-refractivity contribution in [2.45, 2.75) is 6.54 Å². The van der Waals surface area contributed by atoms with Gasteiger partial charge in [0.1, 0.15) is 11.5 Å². The summed E-state index contributed by atoms with van der Waals surface area (Å²) in [5.74, 6) is 0.631. The van der Waals surface area contributed by atoms with Crippen LogP contribution in [0, 0.1) is 0 Å². The van der Waals surface area contributed by atoms with Gasteiger partial charge in [-0.25, -0.2) is 4.98 Å². The molecule has 6 heteroatoms. The van der Waals surface area contributed by atoms with E-state index >= 15 is 0 Å². The summed E-state index contributed by atoms with van der Waals surface area (Å²) >= 11 is 0. The molecule has 70 valence electrons. The Labute approximate surface area is 78.0 Å². The summed E-state index contributed by atoms with van der Waals surface area (Å²) in [6.45, 7) is 1.57. The zero-order valence-electron chi connectivity index (χ0n) is 7.87. The van der Waals surface area contributed by atoms with Crippen molar-refractivity contribution in [1.82, 2.24) is 14.9 Å². The van der Waals surface area contributed by atoms with Gasteiger partial charge in [-0.2, -0.15) is 0 Å². The maximum Gasteiger partial charge on any atom is 0.215 e. The summed E-state index contributed by atoms with van der Waals surface area (Å²) in [6.07, 6.45) is 2.47. The number of carbonyl (C=O) groups is 1. The molecule has 13 heavy (non-hydrogen) atoms. The van der Waals surface area contributed by atoms with Crippen molar-refractivity contribution in [3.05, 3.63) is 12.0 Å². The lowest BCUT2D eigenvalue weighted by Crippen LogP contribution is -2.16. The number of anilines is 1. The largest absolute Gasteiger partial charge is 0.418 e. The van der Waals surface area contributed by atoms with E-state index in [1.54, 1.807) is 14.3 Å². The van der Waals surface area contributed by atoms with Crippen LogP contribution in [0.25, 0.3) is 0 Å². The number of imidazole rings is 1. The Morgan fingerprint density at radius 3 is 3.08 bits per heavy atom. The highest BCUT2D eigenvalue weighted by Crippen LogP contribution is 2.09. The molecule has 0 radical (unpaired) electrons. The predicted molar refractivity (Wildman–Crippen MR) is 53.7 cm³/mol. The zero-order valence-corrected chi connectivity index (χ0v) is 7.87. The van der Waals surface area contributed by atoms with Gasteiger partial charge < -0.3 is 15.1 Å². The van der Waals surface area contributed by atoms with Gasteiger partial charge in [0.25, 0.3) is 0 Å². The molecule has 1 rings (SSSR count). The average Bonchev–Trinajstić information content (AvgIpc) is 2.56. The quantitative estimate of drug-likeness (QED) is 0.445. The van der Waals surface area contributed by atoms with Crippen LogP contribution in [0.5, 0.6) is 0 Å². The summed E-state index contributed by atoms with van der Waals surface area (Å²) in [5.41, 5.74) is 0.595. The average molecular weight is 180 g/mol. The van der Waals surface area contributed by atoms with Crippen molar-refractivity contribution < 1.29 is 4.79 Å². The topological polar surface area (TPSA) is 59.0 Å². The van der Waals surface area contributed by atoms with E-state index < -0.39 is 0 Å². The number of nitrogens with one attached hydrogen (secondary N) is 2. The Bertz CT molecular complexity index is 286. The molecule has 1 aromatic rings. The highest BCUT2D eigenvalue weighted by molar-refractivity contribution is 6.16. The van der Waals surface area contributed by atoms with Crippen molar-refractivity contribution in [2.75, 3.05) is 18.8 Å². The molecule has 0 aliphatic heterocycles. The second-order valence-corrected chi connectivity index (χ2v) is 2.64. The van der Waals surface area contributed by atoms with Crippen LogP contribution in [0.1, 0.15) is 10.5 Å². The van der Waals surface area contributed by atoms with Crippen molar-refractivity contribution in [2.24, 2.45) is 0 Å². The first-order valence-corrected chi connectivity index (χ1v) is 4.16. The Morgan fingerprint density at radius 2 is 2.54 bits per heavy atom. The van der Waals surface area contributed by atoms with Crippen LogP contribution in [-0.4, -0.2) is 37.4 Å². The number of hydrogen-bond donors (Lipinski definition) is 2. The molecule has 0 aromatic carbocycles. The van der Waals surface area contributed by atoms with Gasteiger partial charge in [0, 0.05) is 13.1 Å². The van der Waals surface area contributed by atoms with E-state index in [2.05, 4.69) is 15.5 Å². The van der Waals surface area contributed by atoms with E-state index in [-0.39, 0.29) is 0 Å². The highest BCUT2D eigenvalue weighted by Gasteiger charge is 2.06. The SMILES string of the molecule is BNc1ncn(CCNC)c1C=O. The number of rotatable bonds is 5. The third-order valence-corrected chi connectivity index (χ3v) is 1.83. The van der Waals surface area contributed by atoms with Crippen LogP contribution < -0.4 is 10.5 Å². The van der Waals surface area contributed by atoms with Crippen molar-refractivity contribution in [3.8, 4) is 0 Å². The van der Waals surface area contributed by atoms with Crippen molar-refractivity contribution in [3.63, 3.8) is 0 Å². The van der Waals surface area contributed by atoms with Gasteiger partial charge in [0.2, 0.25) is 7.98 Å². The van der Waals surface area contributed by atoms with E-state index in [1.165, 1.54) is 0 Å². The monoisotopic (exact) mass is 180 g/mol. The molecule has 1 aromatic heterocycles. The first-order valence-electron chi connectivity index (χ1n) is 4.16. The van der Waals surface area contributed by atoms with E-state index in [9.17, 15) is 4.79 Å². The van der Waals surface area contributed by atoms with E-state index in [0.29, 0.717) is 11.5 Å². The van der Waals surface area contributed by atoms with Crippen LogP contribution in [0.15, 0.2) is 6.33 Å². The second-order valence-electron chi connectivity index (χ2n) is 2.64. The fourth-order valence-corrected chi connectivity index (χ4v) is 1.12. The molecular weight excluding hydrogens is 167 g/mol. The zero-order chi connectivity index (χ0) is 9.68. The Morgan fingerprint density at radius 1 is 1.77 bits per heavy atom. The summed E-state index contributed by atoms with van der Waals surface area (Å²) in [7, 11) is 3.62. The number of likely N-dealkylation sites (N-methyl/N-ethyl adjacent to an activating group) is 1. The molecular formula is C7H13BN4O. The normalized spacial score (nSPS) is 9.92. The third kappa shape index (κ3) is 2.09. The summed E-state index contributed by atoms with van der Waals surface area (Å²) in [4.78, 5) is 14.8. The maximum atomic E-state index is 10.7. The Kier molecular flexibility index (Phi) is 3.51. The van der Waals surface area contributed by atoms with E-state index in [4.69, 9.17) is 0 Å². The number of nitrogens with zero attached hydrogens (tertiary/aromatic N) is 2. The van der Waals surface area contributed by atoms with E-state index in [1.807, 2.05) is 11.6 Å². The molecule has 2 N–H and O–H groups in total. The lowest BCUT2D eigenvalue weighted by molar-refractivity contribution is 0.111. The lowest BCUT2D eigenvalue weighted by atomic mass is 10.3. The molecule has 0 aliphatic carbocycles. The Balaban J connectivity index is 2.81. The number of aromatic nitrogens is 2. The van der Waals surface area contributed by atoms with Gasteiger partial charge in [-0.1, -0.05) is 0 Å². The van der Waals surface area contributed by atoms with Crippen LogP contribution in [-0.2, 0) is 6.54 Å². The molecule has 0 amide bonds. The molecule has 0 aliphatic rings. The van der Waals surface area contributed by atoms with Gasteiger partial charge in [-0.3, -0.25) is 4.79 Å². The van der Waals surface area contributed by atoms with Gasteiger partial charge in [0.05, 0.1) is 6.33 Å². The predicted octanol–water partition coefficient (Wildman–Crippen LogP) is -1.12. The summed E-state index contributed by atoms with van der Waals surface area (Å²) < 4.78 is 1.81. The first kappa shape index (κ1) is 9.79. The molecule has 0 atom stereocenters. The van der Waals surface area contributed by atoms with E-state index in [0.717, 1.165) is 19.4 Å². The summed E-state index contributed by atoms with van der Waals surface area (Å²) in [6, 6.07) is 0. The van der Waals surface area contributed by atoms with Crippen LogP contribution in [0.4, 0.5) is 5.82 Å².